The van der Waals surface area contributed by atoms with E-state index < -0.39 is 0 Å². The number of thioether (sulfide) groups is 1. The van der Waals surface area contributed by atoms with E-state index in [9.17, 15) is 4.79 Å². The third-order valence-corrected chi connectivity index (χ3v) is 5.88. The summed E-state index contributed by atoms with van der Waals surface area (Å²) >= 11 is 1.48. The van der Waals surface area contributed by atoms with Crippen LogP contribution in [0.25, 0.3) is 0 Å². The smallest absolute Gasteiger partial charge is 0.235 e. The molecule has 29 heavy (non-hydrogen) atoms. The van der Waals surface area contributed by atoms with Gasteiger partial charge in [-0.15, -0.1) is 10.2 Å². The summed E-state index contributed by atoms with van der Waals surface area (Å²) in [5.41, 5.74) is 1.12. The number of rotatable bonds is 8. The summed E-state index contributed by atoms with van der Waals surface area (Å²) < 4.78 is 7.62. The molecule has 0 bridgehead atoms. The molecule has 1 amide bonds. The van der Waals surface area contributed by atoms with Crippen LogP contribution in [0.2, 0.25) is 0 Å². The average molecular weight is 418 g/mol. The molecule has 0 spiro atoms. The molecule has 1 aliphatic rings. The summed E-state index contributed by atoms with van der Waals surface area (Å²) in [5, 5.41) is 9.45. The molecule has 158 valence electrons. The summed E-state index contributed by atoms with van der Waals surface area (Å²) in [4.78, 5) is 16.9. The highest BCUT2D eigenvalue weighted by molar-refractivity contribution is 8.00. The number of aromatic nitrogens is 3. The van der Waals surface area contributed by atoms with Crippen molar-refractivity contribution in [1.29, 1.82) is 0 Å². The summed E-state index contributed by atoms with van der Waals surface area (Å²) in [6, 6.07) is 10.0. The molecule has 0 N–H and O–H groups in total. The first kappa shape index (κ1) is 21.6. The second kappa shape index (κ2) is 10.1. The molecule has 1 saturated heterocycles. The van der Waals surface area contributed by atoms with Crippen molar-refractivity contribution in [3.05, 3.63) is 35.9 Å². The molecule has 1 fully saturated rings. The van der Waals surface area contributed by atoms with Crippen LogP contribution < -0.4 is 4.90 Å². The number of carbonyl (C=O) groups is 1. The van der Waals surface area contributed by atoms with E-state index in [0.29, 0.717) is 25.7 Å². The molecule has 3 rings (SSSR count). The van der Waals surface area contributed by atoms with E-state index in [0.717, 1.165) is 36.3 Å². The first-order valence-corrected chi connectivity index (χ1v) is 11.0. The van der Waals surface area contributed by atoms with Gasteiger partial charge in [0.05, 0.1) is 18.5 Å². The molecule has 1 unspecified atom stereocenters. The van der Waals surface area contributed by atoms with Gasteiger partial charge < -0.3 is 14.5 Å². The van der Waals surface area contributed by atoms with Crippen molar-refractivity contribution in [2.75, 3.05) is 38.3 Å². The molecule has 1 aromatic carbocycles. The van der Waals surface area contributed by atoms with Crippen LogP contribution in [0.5, 0.6) is 0 Å². The van der Waals surface area contributed by atoms with Gasteiger partial charge in [0.25, 0.3) is 0 Å². The van der Waals surface area contributed by atoms with Crippen LogP contribution in [0.15, 0.2) is 35.5 Å². The normalized spacial score (nSPS) is 15.6. The minimum atomic E-state index is -0.239. The van der Waals surface area contributed by atoms with Gasteiger partial charge in [0.2, 0.25) is 11.9 Å². The van der Waals surface area contributed by atoms with Gasteiger partial charge in [-0.25, -0.2) is 0 Å². The maximum Gasteiger partial charge on any atom is 0.235 e. The number of hydrogen-bond donors (Lipinski definition) is 0. The predicted octanol–water partition coefficient (Wildman–Crippen LogP) is 2.91. The molecule has 7 nitrogen and oxygen atoms in total. The van der Waals surface area contributed by atoms with Crippen molar-refractivity contribution < 1.29 is 9.53 Å². The zero-order valence-electron chi connectivity index (χ0n) is 17.7. The zero-order chi connectivity index (χ0) is 20.8. The zero-order valence-corrected chi connectivity index (χ0v) is 18.6. The lowest BCUT2D eigenvalue weighted by Crippen LogP contribution is -2.38. The minimum absolute atomic E-state index is 0.0888. The molecule has 0 aliphatic carbocycles. The van der Waals surface area contributed by atoms with Crippen molar-refractivity contribution in [3.63, 3.8) is 0 Å². The Hall–Kier alpha value is -2.06. The minimum Gasteiger partial charge on any atom is -0.378 e. The highest BCUT2D eigenvalue weighted by Gasteiger charge is 2.25. The molecule has 2 heterocycles. The Balaban J connectivity index is 1.70. The van der Waals surface area contributed by atoms with Gasteiger partial charge in [0.15, 0.2) is 5.16 Å². The number of carbonyl (C=O) groups excluding carboxylic acids is 1. The van der Waals surface area contributed by atoms with Crippen molar-refractivity contribution in [1.82, 2.24) is 19.7 Å². The van der Waals surface area contributed by atoms with Gasteiger partial charge in [0, 0.05) is 33.2 Å². The molecule has 1 aliphatic heterocycles. The van der Waals surface area contributed by atoms with E-state index >= 15 is 0 Å². The van der Waals surface area contributed by atoms with E-state index in [4.69, 9.17) is 4.74 Å². The van der Waals surface area contributed by atoms with Crippen molar-refractivity contribution >= 4 is 23.6 Å². The maximum absolute atomic E-state index is 12.9. The average Bonchev–Trinajstić information content (AvgIpc) is 3.10. The van der Waals surface area contributed by atoms with Gasteiger partial charge in [-0.2, -0.15) is 0 Å². The van der Waals surface area contributed by atoms with Crippen LogP contribution in [0.4, 0.5) is 5.95 Å². The van der Waals surface area contributed by atoms with E-state index in [1.165, 1.54) is 11.8 Å². The van der Waals surface area contributed by atoms with E-state index in [-0.39, 0.29) is 11.2 Å². The lowest BCUT2D eigenvalue weighted by Gasteiger charge is -2.28. The fourth-order valence-electron chi connectivity index (χ4n) is 3.34. The Morgan fingerprint density at radius 2 is 1.86 bits per heavy atom. The Kier molecular flexibility index (Phi) is 7.55. The van der Waals surface area contributed by atoms with Crippen LogP contribution in [-0.4, -0.2) is 64.2 Å². The second-order valence-electron chi connectivity index (χ2n) is 7.83. The van der Waals surface area contributed by atoms with Crippen LogP contribution in [0, 0.1) is 5.92 Å². The van der Waals surface area contributed by atoms with Crippen LogP contribution >= 0.6 is 11.8 Å². The van der Waals surface area contributed by atoms with E-state index in [1.54, 1.807) is 4.90 Å². The molecule has 0 saturated carbocycles. The van der Waals surface area contributed by atoms with Crippen molar-refractivity contribution in [2.45, 2.75) is 44.3 Å². The van der Waals surface area contributed by atoms with Gasteiger partial charge in [-0.3, -0.25) is 9.36 Å². The lowest BCUT2D eigenvalue weighted by atomic mass is 10.2. The number of nitrogens with zero attached hydrogens (tertiary/aromatic N) is 5. The quantitative estimate of drug-likeness (QED) is 0.616. The number of benzene rings is 1. The summed E-state index contributed by atoms with van der Waals surface area (Å²) in [6.07, 6.45) is 0. The third-order valence-electron chi connectivity index (χ3n) is 4.81. The van der Waals surface area contributed by atoms with E-state index in [1.807, 2.05) is 44.3 Å². The van der Waals surface area contributed by atoms with Crippen LogP contribution in [0.1, 0.15) is 26.3 Å². The Labute approximate surface area is 177 Å². The van der Waals surface area contributed by atoms with Gasteiger partial charge in [0.1, 0.15) is 0 Å². The second-order valence-corrected chi connectivity index (χ2v) is 9.13. The highest BCUT2D eigenvalue weighted by atomic mass is 32.2. The number of hydrogen-bond acceptors (Lipinski definition) is 6. The number of morpholine rings is 1. The third kappa shape index (κ3) is 5.73. The van der Waals surface area contributed by atoms with Crippen LogP contribution in [-0.2, 0) is 22.6 Å². The number of ether oxygens (including phenoxy) is 1. The SMILES string of the molecule is CC(C)Cn1c(SC(C)C(=O)N(C)Cc2ccccc2)nnc1N1CCOCC1. The van der Waals surface area contributed by atoms with Gasteiger partial charge >= 0.3 is 0 Å². The van der Waals surface area contributed by atoms with Crippen LogP contribution in [0.3, 0.4) is 0 Å². The number of anilines is 1. The van der Waals surface area contributed by atoms with Gasteiger partial charge in [-0.05, 0) is 18.4 Å². The van der Waals surface area contributed by atoms with E-state index in [2.05, 4.69) is 33.5 Å². The molecule has 1 aromatic heterocycles. The fourth-order valence-corrected chi connectivity index (χ4v) is 4.31. The summed E-state index contributed by atoms with van der Waals surface area (Å²) in [7, 11) is 1.85. The molecule has 1 atom stereocenters. The van der Waals surface area contributed by atoms with Crippen molar-refractivity contribution in [2.24, 2.45) is 5.92 Å². The molecular weight excluding hydrogens is 386 g/mol. The topological polar surface area (TPSA) is 63.5 Å². The molecule has 0 radical (unpaired) electrons. The Morgan fingerprint density at radius 3 is 2.52 bits per heavy atom. The van der Waals surface area contributed by atoms with Crippen molar-refractivity contribution in [3.8, 4) is 0 Å². The Morgan fingerprint density at radius 1 is 1.17 bits per heavy atom. The molecular formula is C21H31N5O2S. The summed E-state index contributed by atoms with van der Waals surface area (Å²) in [6.45, 7) is 10.8. The molecule has 2 aromatic rings. The monoisotopic (exact) mass is 417 g/mol. The standard InChI is InChI=1S/C21H31N5O2S/c1-16(2)14-26-20(25-10-12-28-13-11-25)22-23-21(26)29-17(3)19(27)24(4)15-18-8-6-5-7-9-18/h5-9,16-17H,10-15H2,1-4H3. The highest BCUT2D eigenvalue weighted by Crippen LogP contribution is 2.28. The first-order valence-electron chi connectivity index (χ1n) is 10.2. The van der Waals surface area contributed by atoms with Gasteiger partial charge in [-0.1, -0.05) is 55.9 Å². The number of amides is 1. The fraction of sp³-hybridized carbons (Fsp3) is 0.571. The predicted molar refractivity (Wildman–Crippen MR) is 116 cm³/mol. The molecule has 8 heteroatoms. The lowest BCUT2D eigenvalue weighted by molar-refractivity contribution is -0.129. The largest absolute Gasteiger partial charge is 0.378 e. The maximum atomic E-state index is 12.9. The first-order chi connectivity index (χ1) is 14.0. The summed E-state index contributed by atoms with van der Waals surface area (Å²) in [5.74, 6) is 1.42. The Bertz CT molecular complexity index is 790.